The molecule has 2 aromatic carbocycles. The van der Waals surface area contributed by atoms with Gasteiger partial charge in [-0.25, -0.2) is 4.98 Å². The molecule has 0 fully saturated rings. The lowest BCUT2D eigenvalue weighted by Gasteiger charge is -2.16. The molecule has 8 nitrogen and oxygen atoms in total. The van der Waals surface area contributed by atoms with Gasteiger partial charge in [0.05, 0.1) is 23.1 Å². The fraction of sp³-hybridized carbons (Fsp3) is 0.174. The smallest absolute Gasteiger partial charge is 0.416 e. The van der Waals surface area contributed by atoms with Gasteiger partial charge in [-0.05, 0) is 29.8 Å². The summed E-state index contributed by atoms with van der Waals surface area (Å²) < 4.78 is 53.3. The number of nitrogen functional groups attached to an aromatic ring is 2. The maximum atomic E-state index is 13.7. The van der Waals surface area contributed by atoms with Crippen LogP contribution in [0.2, 0.25) is 0 Å². The van der Waals surface area contributed by atoms with Crippen LogP contribution in [0, 0.1) is 5.21 Å². The Morgan fingerprint density at radius 2 is 1.94 bits per heavy atom. The van der Waals surface area contributed by atoms with E-state index in [1.54, 1.807) is 12.1 Å². The van der Waals surface area contributed by atoms with Gasteiger partial charge in [0.1, 0.15) is 23.1 Å². The fourth-order valence-electron chi connectivity index (χ4n) is 4.03. The van der Waals surface area contributed by atoms with E-state index < -0.39 is 11.7 Å². The van der Waals surface area contributed by atoms with Crippen LogP contribution in [-0.2, 0) is 6.18 Å². The molecule has 4 aromatic rings. The summed E-state index contributed by atoms with van der Waals surface area (Å²) in [6.45, 7) is 2.23. The van der Waals surface area contributed by atoms with Crippen LogP contribution in [0.4, 0.5) is 24.9 Å². The molecule has 0 saturated heterocycles. The summed E-state index contributed by atoms with van der Waals surface area (Å²) in [4.78, 5) is 8.16. The predicted octanol–water partition coefficient (Wildman–Crippen LogP) is 4.40. The summed E-state index contributed by atoms with van der Waals surface area (Å²) in [6.07, 6.45) is -2.20. The van der Waals surface area contributed by atoms with Crippen molar-refractivity contribution >= 4 is 22.7 Å². The van der Waals surface area contributed by atoms with Crippen molar-refractivity contribution in [2.75, 3.05) is 18.1 Å². The van der Waals surface area contributed by atoms with Gasteiger partial charge in [0.25, 0.3) is 0 Å². The zero-order valence-electron chi connectivity index (χ0n) is 17.8. The van der Waals surface area contributed by atoms with Gasteiger partial charge in [0.2, 0.25) is 5.95 Å². The van der Waals surface area contributed by atoms with Crippen molar-refractivity contribution in [3.05, 3.63) is 65.1 Å². The fourth-order valence-corrected chi connectivity index (χ4v) is 4.03. The number of anilines is 2. The van der Waals surface area contributed by atoms with Crippen molar-refractivity contribution in [3.8, 4) is 28.4 Å². The third kappa shape index (κ3) is 3.74. The van der Waals surface area contributed by atoms with E-state index in [4.69, 9.17) is 20.9 Å². The first-order chi connectivity index (χ1) is 16.1. The largest absolute Gasteiger partial charge is 0.619 e. The minimum absolute atomic E-state index is 0.0571. The highest BCUT2D eigenvalue weighted by molar-refractivity contribution is 5.97. The summed E-state index contributed by atoms with van der Waals surface area (Å²) in [5.74, 6) is 0.573. The maximum Gasteiger partial charge on any atom is 0.416 e. The van der Waals surface area contributed by atoms with Crippen molar-refractivity contribution in [1.82, 2.24) is 9.97 Å². The summed E-state index contributed by atoms with van der Waals surface area (Å²) in [5.41, 5.74) is 12.3. The minimum Gasteiger partial charge on any atom is -0.619 e. The lowest BCUT2D eigenvalue weighted by Crippen LogP contribution is -2.23. The maximum absolute atomic E-state index is 13.7. The number of benzene rings is 2. The van der Waals surface area contributed by atoms with Gasteiger partial charge < -0.3 is 26.1 Å². The van der Waals surface area contributed by atoms with Crippen LogP contribution in [-0.4, -0.2) is 16.6 Å². The molecule has 1 aliphatic rings. The highest BCUT2D eigenvalue weighted by Crippen LogP contribution is 2.48. The van der Waals surface area contributed by atoms with Crippen molar-refractivity contribution in [1.29, 1.82) is 0 Å². The van der Waals surface area contributed by atoms with Crippen LogP contribution in [0.25, 0.3) is 22.0 Å². The molecule has 2 aromatic heterocycles. The zero-order chi connectivity index (χ0) is 24.2. The van der Waals surface area contributed by atoms with E-state index in [1.165, 1.54) is 24.5 Å². The molecule has 0 bridgehead atoms. The molecule has 34 heavy (non-hydrogen) atoms. The normalized spacial score (nSPS) is 15.2. The molecule has 4 N–H and O–H groups in total. The minimum atomic E-state index is -4.63. The summed E-state index contributed by atoms with van der Waals surface area (Å²) >= 11 is 0. The summed E-state index contributed by atoms with van der Waals surface area (Å²) in [7, 11) is 0. The number of hydrogen-bond donors (Lipinski definition) is 2. The Kier molecular flexibility index (Phi) is 4.85. The molecule has 1 unspecified atom stereocenters. The van der Waals surface area contributed by atoms with E-state index in [0.29, 0.717) is 39.1 Å². The quantitative estimate of drug-likeness (QED) is 0.337. The van der Waals surface area contributed by atoms with Crippen molar-refractivity contribution in [2.45, 2.75) is 19.0 Å². The van der Waals surface area contributed by atoms with Crippen LogP contribution in [0.3, 0.4) is 0 Å². The van der Waals surface area contributed by atoms with E-state index in [-0.39, 0.29) is 34.7 Å². The molecule has 0 aliphatic carbocycles. The third-order valence-corrected chi connectivity index (χ3v) is 5.53. The van der Waals surface area contributed by atoms with Crippen LogP contribution < -0.4 is 25.7 Å². The predicted molar refractivity (Wildman–Crippen MR) is 118 cm³/mol. The lowest BCUT2D eigenvalue weighted by molar-refractivity contribution is -0.604. The number of hydrogen-bond acceptors (Lipinski definition) is 7. The second-order valence-electron chi connectivity index (χ2n) is 7.99. The average Bonchev–Trinajstić information content (AvgIpc) is 3.14. The van der Waals surface area contributed by atoms with E-state index in [1.807, 2.05) is 6.92 Å². The molecular formula is C23H18F3N5O3. The number of nitrogens with zero attached hydrogens (tertiary/aromatic N) is 3. The summed E-state index contributed by atoms with van der Waals surface area (Å²) in [5, 5.41) is 12.1. The summed E-state index contributed by atoms with van der Waals surface area (Å²) in [6, 6.07) is 7.85. The van der Waals surface area contributed by atoms with Gasteiger partial charge >= 0.3 is 6.18 Å². The van der Waals surface area contributed by atoms with E-state index in [2.05, 4.69) is 9.97 Å². The molecular weight excluding hydrogens is 451 g/mol. The van der Waals surface area contributed by atoms with Crippen LogP contribution in [0.15, 0.2) is 48.8 Å². The van der Waals surface area contributed by atoms with Gasteiger partial charge in [0, 0.05) is 29.2 Å². The van der Waals surface area contributed by atoms with Crippen molar-refractivity contribution in [2.24, 2.45) is 0 Å². The molecule has 11 heteroatoms. The Hall–Kier alpha value is -4.28. The van der Waals surface area contributed by atoms with Crippen LogP contribution in [0.1, 0.15) is 24.0 Å². The zero-order valence-corrected chi connectivity index (χ0v) is 17.8. The Bertz CT molecular complexity index is 1440. The van der Waals surface area contributed by atoms with Crippen molar-refractivity contribution in [3.63, 3.8) is 0 Å². The van der Waals surface area contributed by atoms with Crippen LogP contribution >= 0.6 is 0 Å². The number of pyridine rings is 1. The molecule has 0 radical (unpaired) electrons. The van der Waals surface area contributed by atoms with E-state index in [0.717, 1.165) is 12.1 Å². The number of alkyl halides is 3. The van der Waals surface area contributed by atoms with Gasteiger partial charge in [0.15, 0.2) is 12.4 Å². The first-order valence-electron chi connectivity index (χ1n) is 10.2. The molecule has 1 atom stereocenters. The first-order valence-corrected chi connectivity index (χ1v) is 10.2. The third-order valence-electron chi connectivity index (χ3n) is 5.53. The second kappa shape index (κ2) is 7.65. The Morgan fingerprint density at radius 3 is 2.68 bits per heavy atom. The van der Waals surface area contributed by atoms with E-state index >= 15 is 0 Å². The molecule has 0 spiro atoms. The molecule has 1 aliphatic heterocycles. The highest BCUT2D eigenvalue weighted by Gasteiger charge is 2.33. The number of rotatable bonds is 3. The monoisotopic (exact) mass is 469 g/mol. The van der Waals surface area contributed by atoms with Crippen molar-refractivity contribution < 1.29 is 27.4 Å². The topological polar surface area (TPSA) is 123 Å². The SMILES string of the molecule is CC1COc2c1c(Oc1cc(-c3ccc[n+]([O-])c3)cc(C(F)(F)F)c1)cc1nc(N)nc(N)c21. The number of aromatic nitrogens is 3. The highest BCUT2D eigenvalue weighted by atomic mass is 19.4. The van der Waals surface area contributed by atoms with Gasteiger partial charge in [-0.15, -0.1) is 0 Å². The standard InChI is InChI=1S/C23H18F3N5O3/c1-11-10-33-20-18(11)17(8-16-19(20)21(27)30-22(28)29-16)34-15-6-13(5-14(7-15)23(24,25)26)12-3-2-4-31(32)9-12/h2-9,11H,10H2,1H3,(H4,27,28,29,30). The van der Waals surface area contributed by atoms with Gasteiger partial charge in [-0.1, -0.05) is 6.92 Å². The second-order valence-corrected chi connectivity index (χ2v) is 7.99. The number of fused-ring (bicyclic) bond motifs is 3. The number of nitrogens with two attached hydrogens (primary N) is 2. The Morgan fingerprint density at radius 1 is 1.15 bits per heavy atom. The Balaban J connectivity index is 1.68. The van der Waals surface area contributed by atoms with E-state index in [9.17, 15) is 18.4 Å². The first kappa shape index (κ1) is 21.6. The van der Waals surface area contributed by atoms with Crippen LogP contribution in [0.5, 0.6) is 17.2 Å². The molecule has 174 valence electrons. The average molecular weight is 469 g/mol. The molecule has 0 amide bonds. The Labute approximate surface area is 191 Å². The molecule has 3 heterocycles. The van der Waals surface area contributed by atoms with Gasteiger partial charge in [-0.2, -0.15) is 22.9 Å². The number of halogens is 3. The number of ether oxygens (including phenoxy) is 2. The molecule has 5 rings (SSSR count). The molecule has 0 saturated carbocycles. The van der Waals surface area contributed by atoms with Gasteiger partial charge in [-0.3, -0.25) is 0 Å². The lowest BCUT2D eigenvalue weighted by atomic mass is 9.99.